The second-order valence-corrected chi connectivity index (χ2v) is 5.66. The molecule has 19 heavy (non-hydrogen) atoms. The Morgan fingerprint density at radius 3 is 2.32 bits per heavy atom. The van der Waals surface area contributed by atoms with Gasteiger partial charge in [-0.1, -0.05) is 38.1 Å². The largest absolute Gasteiger partial charge is 0.308 e. The van der Waals surface area contributed by atoms with E-state index in [1.54, 1.807) is 0 Å². The molecule has 1 atom stereocenters. The van der Waals surface area contributed by atoms with Crippen LogP contribution in [-0.4, -0.2) is 32.1 Å². The molecule has 0 bridgehead atoms. The van der Waals surface area contributed by atoms with Crippen LogP contribution < -0.4 is 5.32 Å². The highest BCUT2D eigenvalue weighted by atomic mass is 15.1. The summed E-state index contributed by atoms with van der Waals surface area (Å²) in [5, 5.41) is 12.5. The summed E-state index contributed by atoms with van der Waals surface area (Å²) < 4.78 is 0. The van der Waals surface area contributed by atoms with Crippen molar-refractivity contribution in [3.05, 3.63) is 35.4 Å². The molecule has 3 nitrogen and oxygen atoms in total. The van der Waals surface area contributed by atoms with Crippen LogP contribution in [0.25, 0.3) is 0 Å². The zero-order valence-corrected chi connectivity index (χ0v) is 12.5. The Kier molecular flexibility index (Phi) is 6.55. The highest BCUT2D eigenvalue weighted by Crippen LogP contribution is 2.15. The third-order valence-corrected chi connectivity index (χ3v) is 2.99. The number of nitrogens with zero attached hydrogens (tertiary/aromatic N) is 2. The quantitative estimate of drug-likeness (QED) is 0.818. The Bertz CT molecular complexity index is 401. The molecule has 1 aromatic carbocycles. The fourth-order valence-electron chi connectivity index (χ4n) is 1.99. The fourth-order valence-corrected chi connectivity index (χ4v) is 1.99. The number of hydrogen-bond donors (Lipinski definition) is 1. The lowest BCUT2D eigenvalue weighted by Crippen LogP contribution is -2.29. The van der Waals surface area contributed by atoms with Gasteiger partial charge in [-0.05, 0) is 37.6 Å². The minimum atomic E-state index is -0.215. The van der Waals surface area contributed by atoms with E-state index in [2.05, 4.69) is 54.4 Å². The molecule has 0 radical (unpaired) electrons. The maximum atomic E-state index is 9.23. The molecule has 1 rings (SSSR count). The summed E-state index contributed by atoms with van der Waals surface area (Å²) in [5.41, 5.74) is 2.39. The summed E-state index contributed by atoms with van der Waals surface area (Å²) in [5.74, 6) is 0.663. The molecule has 0 aromatic heterocycles. The minimum absolute atomic E-state index is 0.215. The first-order valence-corrected chi connectivity index (χ1v) is 6.89. The lowest BCUT2D eigenvalue weighted by atomic mass is 10.00. The van der Waals surface area contributed by atoms with Gasteiger partial charge in [-0.3, -0.25) is 5.32 Å². The minimum Gasteiger partial charge on any atom is -0.308 e. The van der Waals surface area contributed by atoms with Crippen LogP contribution in [0.15, 0.2) is 24.3 Å². The lowest BCUT2D eigenvalue weighted by Gasteiger charge is -2.15. The van der Waals surface area contributed by atoms with Gasteiger partial charge < -0.3 is 4.90 Å². The molecule has 0 saturated heterocycles. The maximum absolute atomic E-state index is 9.23. The number of nitriles is 1. The van der Waals surface area contributed by atoms with E-state index in [4.69, 9.17) is 0 Å². The summed E-state index contributed by atoms with van der Waals surface area (Å²) >= 11 is 0. The Balaban J connectivity index is 2.59. The van der Waals surface area contributed by atoms with Gasteiger partial charge in [-0.15, -0.1) is 0 Å². The van der Waals surface area contributed by atoms with Crippen molar-refractivity contribution in [3.63, 3.8) is 0 Å². The average molecular weight is 259 g/mol. The molecule has 1 N–H and O–H groups in total. The monoisotopic (exact) mass is 259 g/mol. The second-order valence-electron chi connectivity index (χ2n) is 5.66. The Morgan fingerprint density at radius 2 is 1.84 bits per heavy atom. The molecule has 3 heteroatoms. The van der Waals surface area contributed by atoms with Crippen LogP contribution in [0.2, 0.25) is 0 Å². The lowest BCUT2D eigenvalue weighted by molar-refractivity contribution is 0.395. The zero-order chi connectivity index (χ0) is 14.3. The van der Waals surface area contributed by atoms with Gasteiger partial charge in [0.2, 0.25) is 0 Å². The summed E-state index contributed by atoms with van der Waals surface area (Å²) in [7, 11) is 4.06. The molecular weight excluding hydrogens is 234 g/mol. The molecule has 0 saturated carbocycles. The van der Waals surface area contributed by atoms with E-state index in [0.29, 0.717) is 5.92 Å². The standard InChI is InChI=1S/C16H25N3/c1-13(2)11-14-5-7-15(8-6-14)16(12-17)18-9-10-19(3)4/h5-8,13,16,18H,9-11H2,1-4H3. The average Bonchev–Trinajstić information content (AvgIpc) is 2.35. The van der Waals surface area contributed by atoms with E-state index < -0.39 is 0 Å². The third kappa shape index (κ3) is 5.87. The third-order valence-electron chi connectivity index (χ3n) is 2.99. The van der Waals surface area contributed by atoms with Crippen LogP contribution in [0, 0.1) is 17.2 Å². The van der Waals surface area contributed by atoms with Crippen molar-refractivity contribution in [3.8, 4) is 6.07 Å². The molecule has 0 aliphatic rings. The van der Waals surface area contributed by atoms with E-state index in [1.165, 1.54) is 5.56 Å². The number of benzene rings is 1. The van der Waals surface area contributed by atoms with Gasteiger partial charge in [0.15, 0.2) is 0 Å². The van der Waals surface area contributed by atoms with Crippen LogP contribution in [-0.2, 0) is 6.42 Å². The Labute approximate surface area is 117 Å². The summed E-state index contributed by atoms with van der Waals surface area (Å²) in [6.07, 6.45) is 1.09. The fraction of sp³-hybridized carbons (Fsp3) is 0.562. The maximum Gasteiger partial charge on any atom is 0.121 e. The van der Waals surface area contributed by atoms with Gasteiger partial charge in [0.1, 0.15) is 6.04 Å². The van der Waals surface area contributed by atoms with E-state index >= 15 is 0 Å². The predicted molar refractivity (Wildman–Crippen MR) is 79.9 cm³/mol. The van der Waals surface area contributed by atoms with Gasteiger partial charge >= 0.3 is 0 Å². The highest BCUT2D eigenvalue weighted by Gasteiger charge is 2.09. The van der Waals surface area contributed by atoms with Crippen molar-refractivity contribution in [2.24, 2.45) is 5.92 Å². The highest BCUT2D eigenvalue weighted by molar-refractivity contribution is 5.28. The molecule has 0 spiro atoms. The van der Waals surface area contributed by atoms with E-state index in [0.717, 1.165) is 25.1 Å². The first-order valence-electron chi connectivity index (χ1n) is 6.89. The van der Waals surface area contributed by atoms with Gasteiger partial charge in [0.25, 0.3) is 0 Å². The van der Waals surface area contributed by atoms with Gasteiger partial charge in [0, 0.05) is 13.1 Å². The number of nitrogens with one attached hydrogen (secondary N) is 1. The van der Waals surface area contributed by atoms with Crippen molar-refractivity contribution in [1.29, 1.82) is 5.26 Å². The molecule has 1 unspecified atom stereocenters. The number of hydrogen-bond acceptors (Lipinski definition) is 3. The van der Waals surface area contributed by atoms with Crippen LogP contribution in [0.4, 0.5) is 0 Å². The molecule has 0 heterocycles. The molecule has 0 amide bonds. The van der Waals surface area contributed by atoms with E-state index in [1.807, 2.05) is 14.1 Å². The van der Waals surface area contributed by atoms with Crippen molar-refractivity contribution in [2.45, 2.75) is 26.3 Å². The SMILES string of the molecule is CC(C)Cc1ccc(C(C#N)NCCN(C)C)cc1. The first-order chi connectivity index (χ1) is 9.02. The van der Waals surface area contributed by atoms with Crippen molar-refractivity contribution >= 4 is 0 Å². The molecule has 104 valence electrons. The molecular formula is C16H25N3. The van der Waals surface area contributed by atoms with Crippen molar-refractivity contribution < 1.29 is 0 Å². The van der Waals surface area contributed by atoms with E-state index in [-0.39, 0.29) is 6.04 Å². The predicted octanol–water partition coefficient (Wildman–Crippen LogP) is 2.60. The summed E-state index contributed by atoms with van der Waals surface area (Å²) in [4.78, 5) is 2.10. The van der Waals surface area contributed by atoms with Crippen molar-refractivity contribution in [1.82, 2.24) is 10.2 Å². The van der Waals surface area contributed by atoms with E-state index in [9.17, 15) is 5.26 Å². The van der Waals surface area contributed by atoms with Gasteiger partial charge in [-0.25, -0.2) is 0 Å². The first kappa shape index (κ1) is 15.7. The van der Waals surface area contributed by atoms with Crippen LogP contribution in [0.1, 0.15) is 31.0 Å². The zero-order valence-electron chi connectivity index (χ0n) is 12.5. The second kappa shape index (κ2) is 7.93. The number of likely N-dealkylation sites (N-methyl/N-ethyl adjacent to an activating group) is 1. The topological polar surface area (TPSA) is 39.1 Å². The molecule has 1 aromatic rings. The van der Waals surface area contributed by atoms with Crippen LogP contribution in [0.3, 0.4) is 0 Å². The normalized spacial score (nSPS) is 12.7. The van der Waals surface area contributed by atoms with Gasteiger partial charge in [-0.2, -0.15) is 5.26 Å². The Hall–Kier alpha value is -1.37. The summed E-state index contributed by atoms with van der Waals surface area (Å²) in [6, 6.07) is 10.5. The molecule has 0 aliphatic heterocycles. The van der Waals surface area contributed by atoms with Crippen molar-refractivity contribution in [2.75, 3.05) is 27.2 Å². The van der Waals surface area contributed by atoms with Crippen LogP contribution >= 0.6 is 0 Å². The number of rotatable bonds is 7. The smallest absolute Gasteiger partial charge is 0.121 e. The molecule has 0 fully saturated rings. The Morgan fingerprint density at radius 1 is 1.21 bits per heavy atom. The van der Waals surface area contributed by atoms with Crippen LogP contribution in [0.5, 0.6) is 0 Å². The molecule has 0 aliphatic carbocycles. The van der Waals surface area contributed by atoms with Gasteiger partial charge in [0.05, 0.1) is 6.07 Å². The summed E-state index contributed by atoms with van der Waals surface area (Å²) in [6.45, 7) is 6.19.